The van der Waals surface area contributed by atoms with Crippen LogP contribution in [0.4, 0.5) is 0 Å². The van der Waals surface area contributed by atoms with Crippen molar-refractivity contribution in [2.24, 2.45) is 0 Å². The molecule has 0 saturated heterocycles. The highest BCUT2D eigenvalue weighted by molar-refractivity contribution is 7.80. The summed E-state index contributed by atoms with van der Waals surface area (Å²) in [5, 5.41) is 2.13. The highest BCUT2D eigenvalue weighted by atomic mass is 32.1. The van der Waals surface area contributed by atoms with Crippen molar-refractivity contribution in [1.82, 2.24) is 4.90 Å². The van der Waals surface area contributed by atoms with Crippen molar-refractivity contribution in [3.05, 3.63) is 34.5 Å². The molecule has 0 aliphatic rings. The molecule has 15 heavy (non-hydrogen) atoms. The smallest absolute Gasteiger partial charge is 0.0198 e. The Bertz CT molecular complexity index is 293. The Labute approximate surface area is 102 Å². The predicted octanol–water partition coefficient (Wildman–Crippen LogP) is 3.10. The highest BCUT2D eigenvalue weighted by Crippen LogP contribution is 2.14. The third-order valence-corrected chi connectivity index (χ3v) is 3.87. The van der Waals surface area contributed by atoms with Crippen molar-refractivity contribution in [1.29, 1.82) is 0 Å². The van der Waals surface area contributed by atoms with E-state index in [4.69, 9.17) is 0 Å². The van der Waals surface area contributed by atoms with Crippen molar-refractivity contribution in [3.8, 4) is 0 Å². The minimum absolute atomic E-state index is 0.556. The lowest BCUT2D eigenvalue weighted by atomic mass is 10.1. The zero-order valence-corrected chi connectivity index (χ0v) is 11.2. The summed E-state index contributed by atoms with van der Waals surface area (Å²) >= 11 is 6.05. The van der Waals surface area contributed by atoms with Gasteiger partial charge in [-0.2, -0.15) is 12.6 Å². The van der Waals surface area contributed by atoms with Gasteiger partial charge in [0.2, 0.25) is 0 Å². The van der Waals surface area contributed by atoms with Gasteiger partial charge < -0.3 is 0 Å². The average molecular weight is 241 g/mol. The highest BCUT2D eigenvalue weighted by Gasteiger charge is 2.10. The van der Waals surface area contributed by atoms with Crippen LogP contribution in [-0.4, -0.2) is 30.3 Å². The number of thiol groups is 1. The summed E-state index contributed by atoms with van der Waals surface area (Å²) in [7, 11) is 2.15. The quantitative estimate of drug-likeness (QED) is 0.592. The van der Waals surface area contributed by atoms with Gasteiger partial charge in [-0.05, 0) is 31.8 Å². The Kier molecular flexibility index (Phi) is 5.43. The topological polar surface area (TPSA) is 3.24 Å². The molecule has 3 heteroatoms. The van der Waals surface area contributed by atoms with E-state index in [-0.39, 0.29) is 0 Å². The van der Waals surface area contributed by atoms with Gasteiger partial charge in [-0.25, -0.2) is 0 Å². The van der Waals surface area contributed by atoms with Gasteiger partial charge in [-0.3, -0.25) is 4.90 Å². The molecule has 1 unspecified atom stereocenters. The molecule has 0 saturated carbocycles. The zero-order valence-electron chi connectivity index (χ0n) is 9.44. The van der Waals surface area contributed by atoms with E-state index in [1.807, 2.05) is 11.3 Å². The molecule has 0 N–H and O–H groups in total. The number of hydrogen-bond donors (Lipinski definition) is 1. The second-order valence-corrected chi connectivity index (χ2v) is 5.30. The maximum Gasteiger partial charge on any atom is 0.0198 e. The van der Waals surface area contributed by atoms with Crippen molar-refractivity contribution in [3.63, 3.8) is 0 Å². The van der Waals surface area contributed by atoms with Crippen LogP contribution < -0.4 is 0 Å². The van der Waals surface area contributed by atoms with Crippen LogP contribution in [0.25, 0.3) is 0 Å². The Morgan fingerprint density at radius 2 is 2.40 bits per heavy atom. The fraction of sp³-hybridized carbons (Fsp3) is 0.500. The summed E-state index contributed by atoms with van der Waals surface area (Å²) in [6.45, 7) is 7.17. The molecule has 0 aliphatic carbocycles. The van der Waals surface area contributed by atoms with Crippen LogP contribution >= 0.6 is 24.0 Å². The standard InChI is InChI=1S/C12H19NS2/c1-10(9-14)8-13(3)11(2)7-12-5-4-6-15-12/h4-6,11,14H,1,7-9H2,2-3H3. The van der Waals surface area contributed by atoms with Crippen LogP contribution in [0, 0.1) is 0 Å². The summed E-state index contributed by atoms with van der Waals surface area (Å²) < 4.78 is 0. The third-order valence-electron chi connectivity index (χ3n) is 2.53. The van der Waals surface area contributed by atoms with E-state index in [1.165, 1.54) is 10.5 Å². The summed E-state index contributed by atoms with van der Waals surface area (Å²) in [5.41, 5.74) is 1.18. The van der Waals surface area contributed by atoms with E-state index in [1.54, 1.807) is 0 Å². The van der Waals surface area contributed by atoms with E-state index in [0.29, 0.717) is 6.04 Å². The summed E-state index contributed by atoms with van der Waals surface area (Å²) in [5.74, 6) is 0.774. The normalized spacial score (nSPS) is 13.1. The summed E-state index contributed by atoms with van der Waals surface area (Å²) in [4.78, 5) is 3.78. The number of nitrogens with zero attached hydrogens (tertiary/aromatic N) is 1. The number of thiophene rings is 1. The van der Waals surface area contributed by atoms with Gasteiger partial charge >= 0.3 is 0 Å². The van der Waals surface area contributed by atoms with Gasteiger partial charge in [-0.1, -0.05) is 18.2 Å². The van der Waals surface area contributed by atoms with Crippen molar-refractivity contribution < 1.29 is 0 Å². The molecule has 1 aromatic heterocycles. The molecule has 1 heterocycles. The van der Waals surface area contributed by atoms with E-state index < -0.39 is 0 Å². The molecule has 0 spiro atoms. The number of rotatable bonds is 6. The predicted molar refractivity (Wildman–Crippen MR) is 73.1 cm³/mol. The van der Waals surface area contributed by atoms with Gasteiger partial charge in [0, 0.05) is 23.2 Å². The lowest BCUT2D eigenvalue weighted by Gasteiger charge is -2.24. The molecule has 84 valence electrons. The van der Waals surface area contributed by atoms with E-state index in [0.717, 1.165) is 18.7 Å². The molecule has 0 aliphatic heterocycles. The van der Waals surface area contributed by atoms with Crippen LogP contribution in [0.15, 0.2) is 29.7 Å². The van der Waals surface area contributed by atoms with Gasteiger partial charge in [0.25, 0.3) is 0 Å². The Morgan fingerprint density at radius 3 is 2.93 bits per heavy atom. The minimum Gasteiger partial charge on any atom is -0.299 e. The maximum absolute atomic E-state index is 4.22. The lowest BCUT2D eigenvalue weighted by Crippen LogP contribution is -2.32. The Hall–Kier alpha value is -0.250. The first-order valence-corrected chi connectivity index (χ1v) is 6.64. The first kappa shape index (κ1) is 12.8. The molecule has 1 aromatic rings. The van der Waals surface area contributed by atoms with Crippen LogP contribution in [0.1, 0.15) is 11.8 Å². The lowest BCUT2D eigenvalue weighted by molar-refractivity contribution is 0.278. The molecule has 1 rings (SSSR count). The largest absolute Gasteiger partial charge is 0.299 e. The van der Waals surface area contributed by atoms with Crippen LogP contribution in [0.2, 0.25) is 0 Å². The molecule has 1 nitrogen and oxygen atoms in total. The fourth-order valence-electron chi connectivity index (χ4n) is 1.43. The SMILES string of the molecule is C=C(CS)CN(C)C(C)Cc1cccs1. The molecule has 0 radical (unpaired) electrons. The fourth-order valence-corrected chi connectivity index (χ4v) is 2.36. The molecular formula is C12H19NS2. The van der Waals surface area contributed by atoms with Crippen molar-refractivity contribution >= 4 is 24.0 Å². The van der Waals surface area contributed by atoms with Gasteiger partial charge in [0.05, 0.1) is 0 Å². The Balaban J connectivity index is 2.39. The molecule has 1 atom stereocenters. The van der Waals surface area contributed by atoms with Gasteiger partial charge in [0.1, 0.15) is 0 Å². The molecule has 0 amide bonds. The monoisotopic (exact) mass is 241 g/mol. The first-order valence-electron chi connectivity index (χ1n) is 5.13. The molecule has 0 fully saturated rings. The van der Waals surface area contributed by atoms with Crippen LogP contribution in [0.3, 0.4) is 0 Å². The second kappa shape index (κ2) is 6.36. The van der Waals surface area contributed by atoms with E-state index in [2.05, 4.69) is 55.6 Å². The molecule has 0 bridgehead atoms. The van der Waals surface area contributed by atoms with E-state index in [9.17, 15) is 0 Å². The van der Waals surface area contributed by atoms with Crippen LogP contribution in [-0.2, 0) is 6.42 Å². The van der Waals surface area contributed by atoms with Gasteiger partial charge in [0.15, 0.2) is 0 Å². The summed E-state index contributed by atoms with van der Waals surface area (Å²) in [6.07, 6.45) is 1.12. The van der Waals surface area contributed by atoms with Crippen molar-refractivity contribution in [2.45, 2.75) is 19.4 Å². The van der Waals surface area contributed by atoms with Gasteiger partial charge in [-0.15, -0.1) is 11.3 Å². The second-order valence-electron chi connectivity index (χ2n) is 3.96. The number of likely N-dealkylation sites (N-methyl/N-ethyl adjacent to an activating group) is 1. The van der Waals surface area contributed by atoms with Crippen LogP contribution in [0.5, 0.6) is 0 Å². The average Bonchev–Trinajstić information content (AvgIpc) is 2.70. The first-order chi connectivity index (χ1) is 7.13. The van der Waals surface area contributed by atoms with Crippen molar-refractivity contribution in [2.75, 3.05) is 19.3 Å². The minimum atomic E-state index is 0.556. The number of hydrogen-bond acceptors (Lipinski definition) is 3. The maximum atomic E-state index is 4.22. The molecular weight excluding hydrogens is 222 g/mol. The Morgan fingerprint density at radius 1 is 1.67 bits per heavy atom. The third kappa shape index (κ3) is 4.41. The summed E-state index contributed by atoms with van der Waals surface area (Å²) in [6, 6.07) is 4.86. The van der Waals surface area contributed by atoms with E-state index >= 15 is 0 Å². The zero-order chi connectivity index (χ0) is 11.3. The molecule has 0 aromatic carbocycles.